The van der Waals surface area contributed by atoms with Crippen molar-refractivity contribution in [1.29, 1.82) is 0 Å². The molecule has 1 aliphatic rings. The lowest BCUT2D eigenvalue weighted by molar-refractivity contribution is -0.384. The van der Waals surface area contributed by atoms with Crippen LogP contribution in [0.4, 0.5) is 11.4 Å². The van der Waals surface area contributed by atoms with Crippen LogP contribution in [0.3, 0.4) is 0 Å². The first kappa shape index (κ1) is 12.8. The van der Waals surface area contributed by atoms with E-state index in [0.29, 0.717) is 13.1 Å². The second-order valence-electron chi connectivity index (χ2n) is 5.11. The molecule has 0 unspecified atom stereocenters. The number of nitrogens with zero attached hydrogens (tertiary/aromatic N) is 2. The standard InChI is InChI=1S/C13H18N2O3/c1-3-4-13(16)8-14(9-13)11-5-10(2)6-12(7-11)15(17)18/h5-7,16H,3-4,8-9H2,1-2H3. The zero-order valence-electron chi connectivity index (χ0n) is 10.7. The van der Waals surface area contributed by atoms with Crippen LogP contribution in [0.25, 0.3) is 0 Å². The Bertz CT molecular complexity index is 467. The maximum Gasteiger partial charge on any atom is 0.271 e. The molecule has 0 radical (unpaired) electrons. The first-order valence-electron chi connectivity index (χ1n) is 6.17. The summed E-state index contributed by atoms with van der Waals surface area (Å²) in [6, 6.07) is 5.04. The lowest BCUT2D eigenvalue weighted by Gasteiger charge is -2.48. The van der Waals surface area contributed by atoms with Crippen LogP contribution in [0.5, 0.6) is 0 Å². The van der Waals surface area contributed by atoms with E-state index < -0.39 is 5.60 Å². The molecule has 0 amide bonds. The Labute approximate surface area is 106 Å². The summed E-state index contributed by atoms with van der Waals surface area (Å²) in [4.78, 5) is 12.4. The molecule has 0 aliphatic carbocycles. The van der Waals surface area contributed by atoms with E-state index in [1.54, 1.807) is 12.1 Å². The normalized spacial score (nSPS) is 17.4. The van der Waals surface area contributed by atoms with Crippen molar-refractivity contribution in [1.82, 2.24) is 0 Å². The topological polar surface area (TPSA) is 66.6 Å². The summed E-state index contributed by atoms with van der Waals surface area (Å²) in [6.07, 6.45) is 1.72. The van der Waals surface area contributed by atoms with E-state index in [9.17, 15) is 15.2 Å². The zero-order chi connectivity index (χ0) is 13.3. The van der Waals surface area contributed by atoms with Crippen LogP contribution in [-0.2, 0) is 0 Å². The van der Waals surface area contributed by atoms with Gasteiger partial charge in [-0.25, -0.2) is 0 Å². The number of aliphatic hydroxyl groups is 1. The second kappa shape index (κ2) is 4.57. The highest BCUT2D eigenvalue weighted by Gasteiger charge is 2.40. The molecule has 1 aromatic carbocycles. The lowest BCUT2D eigenvalue weighted by atomic mass is 9.88. The minimum Gasteiger partial charge on any atom is -0.386 e. The van der Waals surface area contributed by atoms with Gasteiger partial charge in [-0.15, -0.1) is 0 Å². The third-order valence-corrected chi connectivity index (χ3v) is 3.31. The number of non-ortho nitro benzene ring substituents is 1. The van der Waals surface area contributed by atoms with Gasteiger partial charge < -0.3 is 10.0 Å². The first-order valence-corrected chi connectivity index (χ1v) is 6.17. The molecule has 1 heterocycles. The molecule has 1 N–H and O–H groups in total. The molecule has 5 nitrogen and oxygen atoms in total. The van der Waals surface area contributed by atoms with Crippen molar-refractivity contribution in [3.8, 4) is 0 Å². The van der Waals surface area contributed by atoms with Gasteiger partial charge in [-0.2, -0.15) is 0 Å². The zero-order valence-corrected chi connectivity index (χ0v) is 10.7. The van der Waals surface area contributed by atoms with Gasteiger partial charge in [0.05, 0.1) is 10.5 Å². The number of β-amino-alcohol motifs (C(OH)–C–C–N with tert-alkyl or cyclic N) is 1. The molecule has 1 saturated heterocycles. The van der Waals surface area contributed by atoms with Crippen molar-refractivity contribution in [3.05, 3.63) is 33.9 Å². The number of aryl methyl sites for hydroxylation is 1. The predicted octanol–water partition coefficient (Wildman–Crippen LogP) is 2.25. The predicted molar refractivity (Wildman–Crippen MR) is 69.9 cm³/mol. The quantitative estimate of drug-likeness (QED) is 0.657. The van der Waals surface area contributed by atoms with Crippen molar-refractivity contribution in [3.63, 3.8) is 0 Å². The van der Waals surface area contributed by atoms with Gasteiger partial charge in [0.15, 0.2) is 0 Å². The summed E-state index contributed by atoms with van der Waals surface area (Å²) in [7, 11) is 0. The van der Waals surface area contributed by atoms with Gasteiger partial charge in [-0.1, -0.05) is 13.3 Å². The molecule has 2 rings (SSSR count). The first-order chi connectivity index (χ1) is 8.43. The molecule has 1 aliphatic heterocycles. The van der Waals surface area contributed by atoms with Gasteiger partial charge in [0, 0.05) is 30.9 Å². The van der Waals surface area contributed by atoms with Gasteiger partial charge in [0.1, 0.15) is 0 Å². The molecule has 0 saturated carbocycles. The van der Waals surface area contributed by atoms with Gasteiger partial charge in [0.25, 0.3) is 5.69 Å². The number of hydrogen-bond donors (Lipinski definition) is 1. The summed E-state index contributed by atoms with van der Waals surface area (Å²) in [5, 5.41) is 20.9. The van der Waals surface area contributed by atoms with Crippen LogP contribution in [-0.4, -0.2) is 28.7 Å². The smallest absolute Gasteiger partial charge is 0.271 e. The molecule has 5 heteroatoms. The SMILES string of the molecule is CCCC1(O)CN(c2cc(C)cc([N+](=O)[O-])c2)C1. The maximum absolute atomic E-state index is 10.8. The van der Waals surface area contributed by atoms with E-state index in [0.717, 1.165) is 24.1 Å². The van der Waals surface area contributed by atoms with E-state index in [1.165, 1.54) is 0 Å². The number of benzene rings is 1. The summed E-state index contributed by atoms with van der Waals surface area (Å²) in [6.45, 7) is 5.00. The molecule has 18 heavy (non-hydrogen) atoms. The summed E-state index contributed by atoms with van der Waals surface area (Å²) in [5.41, 5.74) is 1.18. The third-order valence-electron chi connectivity index (χ3n) is 3.31. The highest BCUT2D eigenvalue weighted by atomic mass is 16.6. The molecule has 98 valence electrons. The fourth-order valence-electron chi connectivity index (χ4n) is 2.50. The van der Waals surface area contributed by atoms with Crippen molar-refractivity contribution in [2.45, 2.75) is 32.3 Å². The molecular formula is C13H18N2O3. The fraction of sp³-hybridized carbons (Fsp3) is 0.538. The van der Waals surface area contributed by atoms with Gasteiger partial charge in [0.2, 0.25) is 0 Å². The fourth-order valence-corrected chi connectivity index (χ4v) is 2.50. The number of anilines is 1. The Kier molecular flexibility index (Phi) is 3.26. The Morgan fingerprint density at radius 1 is 1.44 bits per heavy atom. The number of hydrogen-bond acceptors (Lipinski definition) is 4. The number of nitro benzene ring substituents is 1. The molecule has 1 fully saturated rings. The van der Waals surface area contributed by atoms with E-state index in [-0.39, 0.29) is 10.6 Å². The van der Waals surface area contributed by atoms with Crippen LogP contribution in [0, 0.1) is 17.0 Å². The van der Waals surface area contributed by atoms with E-state index in [1.807, 2.05) is 24.8 Å². The average Bonchev–Trinajstić information content (AvgIpc) is 2.25. The monoisotopic (exact) mass is 250 g/mol. The van der Waals surface area contributed by atoms with Crippen LogP contribution < -0.4 is 4.90 Å². The Balaban J connectivity index is 2.14. The molecule has 0 spiro atoms. The van der Waals surface area contributed by atoms with Crippen LogP contribution >= 0.6 is 0 Å². The van der Waals surface area contributed by atoms with Gasteiger partial charge >= 0.3 is 0 Å². The van der Waals surface area contributed by atoms with Crippen LogP contribution in [0.15, 0.2) is 18.2 Å². The van der Waals surface area contributed by atoms with Crippen molar-refractivity contribution < 1.29 is 10.0 Å². The van der Waals surface area contributed by atoms with Crippen molar-refractivity contribution in [2.24, 2.45) is 0 Å². The van der Waals surface area contributed by atoms with Gasteiger partial charge in [-0.3, -0.25) is 10.1 Å². The Hall–Kier alpha value is -1.62. The van der Waals surface area contributed by atoms with Crippen molar-refractivity contribution in [2.75, 3.05) is 18.0 Å². The molecule has 0 aromatic heterocycles. The highest BCUT2D eigenvalue weighted by molar-refractivity contribution is 5.58. The maximum atomic E-state index is 10.8. The van der Waals surface area contributed by atoms with E-state index in [4.69, 9.17) is 0 Å². The van der Waals surface area contributed by atoms with E-state index >= 15 is 0 Å². The Morgan fingerprint density at radius 3 is 2.67 bits per heavy atom. The number of rotatable bonds is 4. The van der Waals surface area contributed by atoms with Crippen LogP contribution in [0.1, 0.15) is 25.3 Å². The minimum atomic E-state index is -0.618. The lowest BCUT2D eigenvalue weighted by Crippen LogP contribution is -2.61. The van der Waals surface area contributed by atoms with Crippen molar-refractivity contribution >= 4 is 11.4 Å². The Morgan fingerprint density at radius 2 is 2.11 bits per heavy atom. The minimum absolute atomic E-state index is 0.107. The molecule has 1 aromatic rings. The van der Waals surface area contributed by atoms with Crippen LogP contribution in [0.2, 0.25) is 0 Å². The average molecular weight is 250 g/mol. The molecule has 0 atom stereocenters. The van der Waals surface area contributed by atoms with E-state index in [2.05, 4.69) is 0 Å². The summed E-state index contributed by atoms with van der Waals surface area (Å²) < 4.78 is 0. The second-order valence-corrected chi connectivity index (χ2v) is 5.11. The van der Waals surface area contributed by atoms with Gasteiger partial charge in [-0.05, 0) is 25.0 Å². The summed E-state index contributed by atoms with van der Waals surface area (Å²) >= 11 is 0. The molecular weight excluding hydrogens is 232 g/mol. The summed E-state index contributed by atoms with van der Waals surface area (Å²) in [5.74, 6) is 0. The number of nitro groups is 1. The third kappa shape index (κ3) is 2.46. The molecule has 0 bridgehead atoms. The largest absolute Gasteiger partial charge is 0.386 e. The highest BCUT2D eigenvalue weighted by Crippen LogP contribution is 2.33.